The molecule has 32 heavy (non-hydrogen) atoms. The Hall–Kier alpha value is -4.26. The Labute approximate surface area is 184 Å². The third kappa shape index (κ3) is 4.13. The molecule has 0 saturated carbocycles. The fraction of sp³-hybridized carbons (Fsp3) is 0.120. The minimum absolute atomic E-state index is 0.0433. The molecule has 3 aromatic carbocycles. The van der Waals surface area contributed by atoms with Crippen molar-refractivity contribution in [2.24, 2.45) is 0 Å². The van der Waals surface area contributed by atoms with E-state index in [0.717, 1.165) is 27.8 Å². The highest BCUT2D eigenvalue weighted by molar-refractivity contribution is 5.84. The lowest BCUT2D eigenvalue weighted by molar-refractivity contribution is -0.121. The fourth-order valence-corrected chi connectivity index (χ4v) is 3.88. The number of rotatable bonds is 7. The summed E-state index contributed by atoms with van der Waals surface area (Å²) in [6.45, 7) is 0.499. The van der Waals surface area contributed by atoms with Gasteiger partial charge in [-0.3, -0.25) is 4.79 Å². The maximum Gasteiger partial charge on any atom is 0.220 e. The number of H-pyrrole nitrogens is 2. The van der Waals surface area contributed by atoms with Crippen LogP contribution in [0.2, 0.25) is 0 Å². The van der Waals surface area contributed by atoms with Gasteiger partial charge in [-0.1, -0.05) is 66.7 Å². The SMILES string of the molecule is O=C(CCc1c[nH]c2ccccc12)NCc1ccc(-c2ccccc2-c2nn[nH]n2)cc1. The molecule has 0 fully saturated rings. The summed E-state index contributed by atoms with van der Waals surface area (Å²) in [7, 11) is 0. The molecule has 1 amide bonds. The molecule has 2 heterocycles. The normalized spacial score (nSPS) is 11.0. The van der Waals surface area contributed by atoms with Crippen molar-refractivity contribution in [3.63, 3.8) is 0 Å². The second kappa shape index (κ2) is 8.85. The van der Waals surface area contributed by atoms with Crippen LogP contribution in [0.3, 0.4) is 0 Å². The largest absolute Gasteiger partial charge is 0.361 e. The maximum absolute atomic E-state index is 12.4. The van der Waals surface area contributed by atoms with Gasteiger partial charge in [-0.2, -0.15) is 5.21 Å². The number of fused-ring (bicyclic) bond motifs is 1. The van der Waals surface area contributed by atoms with Crippen molar-refractivity contribution in [1.82, 2.24) is 30.9 Å². The summed E-state index contributed by atoms with van der Waals surface area (Å²) >= 11 is 0. The maximum atomic E-state index is 12.4. The number of hydrogen-bond donors (Lipinski definition) is 3. The Balaban J connectivity index is 1.20. The number of nitrogens with one attached hydrogen (secondary N) is 3. The highest BCUT2D eigenvalue weighted by Gasteiger charge is 2.11. The second-order valence-electron chi connectivity index (χ2n) is 7.61. The number of para-hydroxylation sites is 1. The molecule has 0 aliphatic carbocycles. The summed E-state index contributed by atoms with van der Waals surface area (Å²) in [5.41, 5.74) is 6.32. The average molecular weight is 422 g/mol. The molecule has 7 nitrogen and oxygen atoms in total. The van der Waals surface area contributed by atoms with Crippen LogP contribution in [0.4, 0.5) is 0 Å². The molecule has 0 spiro atoms. The first-order valence-corrected chi connectivity index (χ1v) is 10.5. The van der Waals surface area contributed by atoms with Crippen LogP contribution in [0, 0.1) is 0 Å². The minimum atomic E-state index is 0.0433. The summed E-state index contributed by atoms with van der Waals surface area (Å²) in [5.74, 6) is 0.606. The predicted molar refractivity (Wildman–Crippen MR) is 124 cm³/mol. The molecule has 0 aliphatic rings. The summed E-state index contributed by atoms with van der Waals surface area (Å²) in [5, 5.41) is 18.5. The van der Waals surface area contributed by atoms with Gasteiger partial charge in [0.05, 0.1) is 0 Å². The van der Waals surface area contributed by atoms with E-state index < -0.39 is 0 Å². The van der Waals surface area contributed by atoms with Crippen LogP contribution in [0.15, 0.2) is 79.0 Å². The Morgan fingerprint density at radius 2 is 1.69 bits per heavy atom. The number of benzene rings is 3. The van der Waals surface area contributed by atoms with E-state index in [9.17, 15) is 4.79 Å². The van der Waals surface area contributed by atoms with E-state index in [4.69, 9.17) is 0 Å². The number of aromatic amines is 2. The molecule has 5 aromatic rings. The van der Waals surface area contributed by atoms with Crippen LogP contribution < -0.4 is 5.32 Å². The van der Waals surface area contributed by atoms with E-state index in [1.165, 1.54) is 10.9 Å². The van der Waals surface area contributed by atoms with Crippen molar-refractivity contribution in [2.45, 2.75) is 19.4 Å². The Morgan fingerprint density at radius 1 is 0.906 bits per heavy atom. The standard InChI is InChI=1S/C25H22N6O/c32-24(14-13-19-16-26-23-8-4-3-6-21(19)23)27-15-17-9-11-18(12-10-17)20-5-1-2-7-22(20)25-28-30-31-29-25/h1-12,16,26H,13-15H2,(H,27,32)(H,28,29,30,31). The monoisotopic (exact) mass is 422 g/mol. The first kappa shape index (κ1) is 19.7. The highest BCUT2D eigenvalue weighted by atomic mass is 16.1. The van der Waals surface area contributed by atoms with Gasteiger partial charge < -0.3 is 10.3 Å². The van der Waals surface area contributed by atoms with Crippen LogP contribution >= 0.6 is 0 Å². The van der Waals surface area contributed by atoms with Crippen molar-refractivity contribution < 1.29 is 4.79 Å². The van der Waals surface area contributed by atoms with Crippen molar-refractivity contribution in [3.05, 3.63) is 90.1 Å². The van der Waals surface area contributed by atoms with Crippen molar-refractivity contribution >= 4 is 16.8 Å². The van der Waals surface area contributed by atoms with Crippen LogP contribution in [0.1, 0.15) is 17.5 Å². The molecule has 5 rings (SSSR count). The molecule has 158 valence electrons. The van der Waals surface area contributed by atoms with Gasteiger partial charge in [0.2, 0.25) is 11.7 Å². The second-order valence-corrected chi connectivity index (χ2v) is 7.61. The Kier molecular flexibility index (Phi) is 5.45. The van der Waals surface area contributed by atoms with Crippen LogP contribution in [-0.4, -0.2) is 31.5 Å². The van der Waals surface area contributed by atoms with Gasteiger partial charge in [0.1, 0.15) is 0 Å². The lowest BCUT2D eigenvalue weighted by Crippen LogP contribution is -2.22. The van der Waals surface area contributed by atoms with Crippen molar-refractivity contribution in [1.29, 1.82) is 0 Å². The molecular weight excluding hydrogens is 400 g/mol. The quantitative estimate of drug-likeness (QED) is 0.365. The molecule has 0 saturated heterocycles. The number of hydrogen-bond acceptors (Lipinski definition) is 4. The number of nitrogens with zero attached hydrogens (tertiary/aromatic N) is 3. The zero-order valence-corrected chi connectivity index (χ0v) is 17.4. The topological polar surface area (TPSA) is 99.4 Å². The molecule has 2 aromatic heterocycles. The first-order chi connectivity index (χ1) is 15.8. The van der Waals surface area contributed by atoms with Crippen LogP contribution in [0.5, 0.6) is 0 Å². The summed E-state index contributed by atoms with van der Waals surface area (Å²) in [4.78, 5) is 15.6. The van der Waals surface area contributed by atoms with E-state index in [2.05, 4.69) is 37.0 Å². The van der Waals surface area contributed by atoms with E-state index in [-0.39, 0.29) is 5.91 Å². The number of aromatic nitrogens is 5. The number of carbonyl (C=O) groups is 1. The fourth-order valence-electron chi connectivity index (χ4n) is 3.88. The number of tetrazole rings is 1. The number of aryl methyl sites for hydroxylation is 1. The van der Waals surface area contributed by atoms with Gasteiger partial charge in [-0.15, -0.1) is 10.2 Å². The number of carbonyl (C=O) groups excluding carboxylic acids is 1. The summed E-state index contributed by atoms with van der Waals surface area (Å²) < 4.78 is 0. The number of amides is 1. The van der Waals surface area contributed by atoms with Crippen LogP contribution in [0.25, 0.3) is 33.4 Å². The molecule has 0 aliphatic heterocycles. The van der Waals surface area contributed by atoms with Gasteiger partial charge in [0, 0.05) is 35.6 Å². The minimum Gasteiger partial charge on any atom is -0.361 e. The summed E-state index contributed by atoms with van der Waals surface area (Å²) in [6.07, 6.45) is 3.16. The molecule has 0 radical (unpaired) electrons. The Morgan fingerprint density at radius 3 is 2.50 bits per heavy atom. The zero-order valence-electron chi connectivity index (χ0n) is 17.4. The molecule has 3 N–H and O–H groups in total. The van der Waals surface area contributed by atoms with Gasteiger partial charge in [0.25, 0.3) is 0 Å². The lowest BCUT2D eigenvalue weighted by atomic mass is 9.98. The van der Waals surface area contributed by atoms with Crippen molar-refractivity contribution in [2.75, 3.05) is 0 Å². The highest BCUT2D eigenvalue weighted by Crippen LogP contribution is 2.29. The average Bonchev–Trinajstić information content (AvgIpc) is 3.52. The smallest absolute Gasteiger partial charge is 0.220 e. The lowest BCUT2D eigenvalue weighted by Gasteiger charge is -2.09. The predicted octanol–water partition coefficient (Wildman–Crippen LogP) is 4.26. The Bertz CT molecular complexity index is 1340. The van der Waals surface area contributed by atoms with Gasteiger partial charge >= 0.3 is 0 Å². The van der Waals surface area contributed by atoms with E-state index in [1.807, 2.05) is 72.9 Å². The summed E-state index contributed by atoms with van der Waals surface area (Å²) in [6, 6.07) is 24.3. The third-order valence-corrected chi connectivity index (χ3v) is 5.56. The molecule has 0 bridgehead atoms. The van der Waals surface area contributed by atoms with Crippen molar-refractivity contribution in [3.8, 4) is 22.5 Å². The van der Waals surface area contributed by atoms with E-state index in [1.54, 1.807) is 0 Å². The molecule has 0 atom stereocenters. The first-order valence-electron chi connectivity index (χ1n) is 10.5. The van der Waals surface area contributed by atoms with Gasteiger partial charge in [-0.25, -0.2) is 0 Å². The molecular formula is C25H22N6O. The third-order valence-electron chi connectivity index (χ3n) is 5.56. The van der Waals surface area contributed by atoms with E-state index >= 15 is 0 Å². The van der Waals surface area contributed by atoms with Gasteiger partial charge in [-0.05, 0) is 40.0 Å². The van der Waals surface area contributed by atoms with E-state index in [0.29, 0.717) is 25.2 Å². The van der Waals surface area contributed by atoms with Gasteiger partial charge in [0.15, 0.2) is 0 Å². The molecule has 7 heteroatoms. The zero-order chi connectivity index (χ0) is 21.8. The molecule has 0 unspecified atom stereocenters. The van der Waals surface area contributed by atoms with Crippen LogP contribution in [-0.2, 0) is 17.8 Å².